The molecule has 44 heavy (non-hydrogen) atoms. The van der Waals surface area contributed by atoms with Gasteiger partial charge in [0, 0.05) is 23.9 Å². The lowest BCUT2D eigenvalue weighted by Gasteiger charge is -2.50. The summed E-state index contributed by atoms with van der Waals surface area (Å²) in [5, 5.41) is 18.6. The molecule has 19 heteroatoms. The molecule has 1 amide bonds. The van der Waals surface area contributed by atoms with E-state index in [1.54, 1.807) is 24.3 Å². The Morgan fingerprint density at radius 2 is 2.00 bits per heavy atom. The third kappa shape index (κ3) is 7.85. The van der Waals surface area contributed by atoms with E-state index in [0.29, 0.717) is 22.2 Å². The van der Waals surface area contributed by atoms with Crippen molar-refractivity contribution < 1.29 is 46.3 Å². The molecule has 1 aromatic heterocycles. The minimum atomic E-state index is -4.99. The number of ether oxygens (including phenoxy) is 1. The van der Waals surface area contributed by atoms with Crippen molar-refractivity contribution in [3.8, 4) is 5.75 Å². The van der Waals surface area contributed by atoms with Gasteiger partial charge in [-0.1, -0.05) is 5.16 Å². The topological polar surface area (TPSA) is 258 Å². The van der Waals surface area contributed by atoms with E-state index in [1.165, 1.54) is 19.2 Å². The number of hydrogen-bond acceptors (Lipinski definition) is 14. The summed E-state index contributed by atoms with van der Waals surface area (Å²) in [7, 11) is -4.99. The minimum Gasteiger partial charge on any atom is -0.489 e. The fourth-order valence-corrected chi connectivity index (χ4v) is 5.47. The van der Waals surface area contributed by atoms with Gasteiger partial charge in [-0.05, 0) is 51.1 Å². The van der Waals surface area contributed by atoms with Gasteiger partial charge >= 0.3 is 16.4 Å². The van der Waals surface area contributed by atoms with E-state index in [1.807, 2.05) is 0 Å². The Bertz CT molecular complexity index is 1570. The summed E-state index contributed by atoms with van der Waals surface area (Å²) in [6.45, 7) is 3.98. The van der Waals surface area contributed by atoms with Crippen LogP contribution in [0.1, 0.15) is 37.9 Å². The van der Waals surface area contributed by atoms with Crippen LogP contribution >= 0.6 is 11.3 Å². The quantitative estimate of drug-likeness (QED) is 0.0590. The summed E-state index contributed by atoms with van der Waals surface area (Å²) in [5.41, 5.74) is 10.7. The van der Waals surface area contributed by atoms with Gasteiger partial charge in [-0.25, -0.2) is 9.78 Å². The lowest BCUT2D eigenvalue weighted by Crippen LogP contribution is -2.68. The summed E-state index contributed by atoms with van der Waals surface area (Å²) >= 11 is 0.983. The van der Waals surface area contributed by atoms with Crippen LogP contribution in [0.2, 0.25) is 0 Å². The van der Waals surface area contributed by atoms with Crippen molar-refractivity contribution in [3.63, 3.8) is 0 Å². The molecule has 0 saturated carbocycles. The molecule has 2 aliphatic rings. The van der Waals surface area contributed by atoms with Crippen molar-refractivity contribution in [2.75, 3.05) is 25.4 Å². The average Bonchev–Trinajstić information content (AvgIpc) is 3.63. The lowest BCUT2D eigenvalue weighted by molar-refractivity contribution is -0.228. The number of amidine groups is 1. The number of aromatic nitrogens is 1. The number of nitrogens with zero attached hydrogens (tertiary/aromatic N) is 4. The van der Waals surface area contributed by atoms with Gasteiger partial charge in [0.2, 0.25) is 0 Å². The molecule has 7 N–H and O–H groups in total. The second-order valence-electron chi connectivity index (χ2n) is 10.4. The predicted octanol–water partition coefficient (Wildman–Crippen LogP) is -0.0240. The zero-order valence-electron chi connectivity index (χ0n) is 23.6. The Kier molecular flexibility index (Phi) is 9.84. The number of hydrogen-bond donors (Lipinski definition) is 5. The smallest absolute Gasteiger partial charge is 0.418 e. The highest BCUT2D eigenvalue weighted by Crippen LogP contribution is 2.40. The summed E-state index contributed by atoms with van der Waals surface area (Å²) in [5.74, 6) is -3.49. The number of nitrogens with one attached hydrogen (secondary N) is 1. The van der Waals surface area contributed by atoms with Gasteiger partial charge in [0.25, 0.3) is 12.0 Å². The Balaban J connectivity index is 1.44. The molecule has 0 bridgehead atoms. The number of anilines is 1. The minimum absolute atomic E-state index is 0.0265. The van der Waals surface area contributed by atoms with E-state index in [0.717, 1.165) is 30.8 Å². The predicted molar refractivity (Wildman–Crippen MR) is 156 cm³/mol. The van der Waals surface area contributed by atoms with E-state index in [4.69, 9.17) is 25.6 Å². The van der Waals surface area contributed by atoms with Crippen LogP contribution in [-0.2, 0) is 33.9 Å². The van der Waals surface area contributed by atoms with E-state index < -0.39 is 64.4 Å². The number of nitrogens with two attached hydrogens (primary N) is 2. The molecule has 17 nitrogen and oxygen atoms in total. The van der Waals surface area contributed by atoms with Crippen LogP contribution in [-0.4, -0.2) is 94.7 Å². The molecule has 2 saturated heterocycles. The number of carboxylic acid groups (broad SMARTS) is 1. The van der Waals surface area contributed by atoms with Crippen LogP contribution in [0.5, 0.6) is 5.75 Å². The average molecular weight is 654 g/mol. The monoisotopic (exact) mass is 653 g/mol. The largest absolute Gasteiger partial charge is 0.489 e. The number of carboxylic acids is 1. The fourth-order valence-electron chi connectivity index (χ4n) is 4.46. The van der Waals surface area contributed by atoms with E-state index >= 15 is 0 Å². The molecule has 2 aliphatic heterocycles. The fraction of sp³-hybridized carbons (Fsp3) is 0.440. The Hall–Kier alpha value is -4.17. The van der Waals surface area contributed by atoms with Crippen LogP contribution in [0.3, 0.4) is 0 Å². The number of ketones is 1. The number of aliphatic imine (C=N–C) groups is 1. The first-order valence-corrected chi connectivity index (χ1v) is 15.4. The van der Waals surface area contributed by atoms with Gasteiger partial charge < -0.3 is 31.5 Å². The number of carbonyl (C=O) groups excluding carboxylic acids is 2. The molecule has 1 aromatic carbocycles. The van der Waals surface area contributed by atoms with Crippen molar-refractivity contribution in [1.82, 2.24) is 15.4 Å². The zero-order chi connectivity index (χ0) is 32.2. The molecule has 2 fully saturated rings. The van der Waals surface area contributed by atoms with E-state index in [9.17, 15) is 27.9 Å². The lowest BCUT2D eigenvalue weighted by atomic mass is 9.74. The van der Waals surface area contributed by atoms with Crippen LogP contribution in [0.15, 0.2) is 39.8 Å². The second-order valence-corrected chi connectivity index (χ2v) is 12.3. The van der Waals surface area contributed by atoms with Crippen LogP contribution < -0.4 is 21.5 Å². The van der Waals surface area contributed by atoms with Gasteiger partial charge in [-0.2, -0.15) is 13.5 Å². The summed E-state index contributed by atoms with van der Waals surface area (Å²) in [4.78, 5) is 51.4. The molecule has 3 heterocycles. The first kappa shape index (κ1) is 32.7. The van der Waals surface area contributed by atoms with Crippen LogP contribution in [0.25, 0.3) is 0 Å². The first-order valence-electron chi connectivity index (χ1n) is 13.1. The summed E-state index contributed by atoms with van der Waals surface area (Å²) < 4.78 is 41.0. The maximum atomic E-state index is 13.3. The van der Waals surface area contributed by atoms with Gasteiger partial charge in [-0.3, -0.25) is 19.1 Å². The number of aliphatic carboxylic acids is 1. The molecular formula is C25H31N7O10S2. The Morgan fingerprint density at radius 1 is 1.30 bits per heavy atom. The number of hydroxylamine groups is 2. The van der Waals surface area contributed by atoms with Crippen LogP contribution in [0.4, 0.5) is 5.13 Å². The molecule has 1 unspecified atom stereocenters. The number of amides is 1. The third-order valence-electron chi connectivity index (χ3n) is 6.92. The highest BCUT2D eigenvalue weighted by Gasteiger charge is 2.57. The number of rotatable bonds is 14. The zero-order valence-corrected chi connectivity index (χ0v) is 25.2. The number of benzene rings is 1. The van der Waals surface area contributed by atoms with Gasteiger partial charge in [-0.15, -0.1) is 15.6 Å². The molecule has 0 aliphatic carbocycles. The standard InChI is InChI=1S/C25H31N7O10S2/c1-25(2)16(22(34)32(25)42-44(37,38)39)9-18(33)20(17-12-43-24(27)30-17)31-41-19(23(35)36)11-40-15-5-3-13(4-6-15)21(26)29-14-7-8-28-10-14/h3-6,12,14,16,19,28H,7-11H2,1-2H3,(H2,26,29)(H2,27,30)(H,35,36)(H,37,38,39)/b31-20-/t14-,16?,19-/m0/s1. The summed E-state index contributed by atoms with van der Waals surface area (Å²) in [6, 6.07) is 6.64. The second kappa shape index (κ2) is 13.2. The molecule has 0 radical (unpaired) electrons. The first-order chi connectivity index (χ1) is 20.7. The number of β-lactam (4-membered cyclic amide) rings is 1. The van der Waals surface area contributed by atoms with Gasteiger partial charge in [0.15, 0.2) is 16.6 Å². The van der Waals surface area contributed by atoms with Crippen molar-refractivity contribution in [2.45, 2.75) is 44.4 Å². The van der Waals surface area contributed by atoms with Crippen LogP contribution in [0, 0.1) is 5.92 Å². The molecule has 238 valence electrons. The SMILES string of the molecule is CC1(C)C(CC(=O)/C(=N\O[C@@H](COc2ccc(C(N)=N[C@H]3CCNC3)cc2)C(=O)O)c2csc(N)n2)C(=O)N1OS(=O)(=O)O. The molecule has 3 atom stereocenters. The highest BCUT2D eigenvalue weighted by atomic mass is 32.3. The summed E-state index contributed by atoms with van der Waals surface area (Å²) in [6.07, 6.45) is -1.26. The number of nitrogen functional groups attached to an aromatic ring is 1. The van der Waals surface area contributed by atoms with E-state index in [2.05, 4.69) is 24.7 Å². The van der Waals surface area contributed by atoms with E-state index in [-0.39, 0.29) is 16.9 Å². The number of thiazole rings is 1. The molecule has 2 aromatic rings. The normalized spacial score (nSPS) is 21.1. The van der Waals surface area contributed by atoms with Gasteiger partial charge in [0.1, 0.15) is 23.9 Å². The third-order valence-corrected chi connectivity index (χ3v) is 7.93. The molecular weight excluding hydrogens is 622 g/mol. The van der Waals surface area contributed by atoms with Crippen molar-refractivity contribution in [3.05, 3.63) is 40.9 Å². The maximum Gasteiger partial charge on any atom is 0.418 e. The van der Waals surface area contributed by atoms with Crippen molar-refractivity contribution >= 4 is 56.1 Å². The van der Waals surface area contributed by atoms with Crippen molar-refractivity contribution in [2.24, 2.45) is 21.8 Å². The molecule has 0 spiro atoms. The number of oxime groups is 1. The van der Waals surface area contributed by atoms with Gasteiger partial charge in [0.05, 0.1) is 17.5 Å². The highest BCUT2D eigenvalue weighted by molar-refractivity contribution is 7.80. The Morgan fingerprint density at radius 3 is 2.55 bits per heavy atom. The number of Topliss-reactive ketones (excluding diaryl/α,β-unsaturated/α-hetero) is 1. The molecule has 4 rings (SSSR count). The number of carbonyl (C=O) groups is 3. The Labute approximate surface area is 255 Å². The maximum absolute atomic E-state index is 13.3. The van der Waals surface area contributed by atoms with Crippen molar-refractivity contribution in [1.29, 1.82) is 0 Å².